The van der Waals surface area contributed by atoms with Gasteiger partial charge in [-0.2, -0.15) is 4.31 Å². The van der Waals surface area contributed by atoms with E-state index < -0.39 is 27.8 Å². The van der Waals surface area contributed by atoms with E-state index in [2.05, 4.69) is 15.9 Å². The fraction of sp³-hybridized carbons (Fsp3) is 0.360. The predicted molar refractivity (Wildman–Crippen MR) is 138 cm³/mol. The summed E-state index contributed by atoms with van der Waals surface area (Å²) in [6, 6.07) is 12.2. The van der Waals surface area contributed by atoms with Crippen LogP contribution in [0.15, 0.2) is 63.5 Å². The van der Waals surface area contributed by atoms with Crippen LogP contribution in [-0.2, 0) is 24.3 Å². The van der Waals surface area contributed by atoms with Gasteiger partial charge in [-0.15, -0.1) is 0 Å². The number of aliphatic hydroxyl groups excluding tert-OH is 1. The van der Waals surface area contributed by atoms with Gasteiger partial charge >= 0.3 is 0 Å². The van der Waals surface area contributed by atoms with E-state index in [4.69, 9.17) is 4.74 Å². The van der Waals surface area contributed by atoms with Crippen LogP contribution >= 0.6 is 15.9 Å². The highest BCUT2D eigenvalue weighted by atomic mass is 79.9. The van der Waals surface area contributed by atoms with Gasteiger partial charge in [0.25, 0.3) is 11.7 Å². The van der Waals surface area contributed by atoms with Crippen LogP contribution < -0.4 is 0 Å². The first-order valence-electron chi connectivity index (χ1n) is 11.5. The Morgan fingerprint density at radius 2 is 1.67 bits per heavy atom. The smallest absolute Gasteiger partial charge is 0.295 e. The standard InChI is InChI=1S/C25H28BrN3O6S/c1-27(2)11-12-29-22(17-3-7-19(26)8-4-17)21(24(31)25(29)32)23(30)18-5-9-20(10-6-18)36(33,34)28-13-15-35-16-14-28/h3-10,22,30H,11-16H2,1-2H3/t22-/m1/s1. The summed E-state index contributed by atoms with van der Waals surface area (Å²) in [6.45, 7) is 2.05. The van der Waals surface area contributed by atoms with Crippen LogP contribution in [0, 0.1) is 0 Å². The number of amides is 1. The van der Waals surface area contributed by atoms with Gasteiger partial charge in [-0.05, 0) is 56.1 Å². The van der Waals surface area contributed by atoms with E-state index in [1.807, 2.05) is 31.1 Å². The first-order valence-corrected chi connectivity index (χ1v) is 13.7. The fourth-order valence-electron chi connectivity index (χ4n) is 4.29. The SMILES string of the molecule is CN(C)CCN1C(=O)C(=O)C(=C(O)c2ccc(S(=O)(=O)N3CCOCC3)cc2)[C@H]1c1ccc(Br)cc1. The summed E-state index contributed by atoms with van der Waals surface area (Å²) in [4.78, 5) is 29.6. The number of ether oxygens (including phenoxy) is 1. The van der Waals surface area contributed by atoms with Crippen molar-refractivity contribution < 1.29 is 27.9 Å². The van der Waals surface area contributed by atoms with E-state index in [1.54, 1.807) is 12.1 Å². The zero-order valence-electron chi connectivity index (χ0n) is 20.1. The summed E-state index contributed by atoms with van der Waals surface area (Å²) in [6.07, 6.45) is 0. The number of likely N-dealkylation sites (tertiary alicyclic amines) is 1. The normalized spacial score (nSPS) is 20.9. The van der Waals surface area contributed by atoms with E-state index in [9.17, 15) is 23.1 Å². The molecule has 11 heteroatoms. The Morgan fingerprint density at radius 1 is 1.06 bits per heavy atom. The number of carbonyl (C=O) groups excluding carboxylic acids is 2. The predicted octanol–water partition coefficient (Wildman–Crippen LogP) is 2.45. The molecule has 2 saturated heterocycles. The molecule has 0 radical (unpaired) electrons. The van der Waals surface area contributed by atoms with Gasteiger partial charge in [0.1, 0.15) is 5.76 Å². The maximum atomic E-state index is 13.1. The van der Waals surface area contributed by atoms with Crippen molar-refractivity contribution in [2.75, 3.05) is 53.5 Å². The molecule has 2 aliphatic rings. The monoisotopic (exact) mass is 577 g/mol. The lowest BCUT2D eigenvalue weighted by Gasteiger charge is -2.27. The summed E-state index contributed by atoms with van der Waals surface area (Å²) in [7, 11) is 0.0376. The molecule has 0 aliphatic carbocycles. The molecule has 1 amide bonds. The molecule has 2 aliphatic heterocycles. The van der Waals surface area contributed by atoms with Gasteiger partial charge in [0.05, 0.1) is 29.7 Å². The molecule has 2 fully saturated rings. The summed E-state index contributed by atoms with van der Waals surface area (Å²) in [5.41, 5.74) is 0.915. The van der Waals surface area contributed by atoms with Crippen molar-refractivity contribution in [2.24, 2.45) is 0 Å². The van der Waals surface area contributed by atoms with Crippen molar-refractivity contribution in [3.63, 3.8) is 0 Å². The molecule has 9 nitrogen and oxygen atoms in total. The van der Waals surface area contributed by atoms with E-state index in [0.29, 0.717) is 31.9 Å². The molecule has 1 atom stereocenters. The van der Waals surface area contributed by atoms with Crippen LogP contribution in [0.1, 0.15) is 17.2 Å². The highest BCUT2D eigenvalue weighted by Gasteiger charge is 2.45. The van der Waals surface area contributed by atoms with Crippen LogP contribution in [-0.4, -0.2) is 92.8 Å². The van der Waals surface area contributed by atoms with E-state index in [-0.39, 0.29) is 34.9 Å². The number of sulfonamides is 1. The molecule has 2 aromatic rings. The van der Waals surface area contributed by atoms with Gasteiger partial charge < -0.3 is 19.6 Å². The quantitative estimate of drug-likeness (QED) is 0.306. The molecule has 0 aromatic heterocycles. The summed E-state index contributed by atoms with van der Waals surface area (Å²) in [5, 5.41) is 11.2. The highest BCUT2D eigenvalue weighted by Crippen LogP contribution is 2.39. The third-order valence-corrected chi connectivity index (χ3v) is 8.69. The van der Waals surface area contributed by atoms with Crippen molar-refractivity contribution in [3.8, 4) is 0 Å². The topological polar surface area (TPSA) is 107 Å². The van der Waals surface area contributed by atoms with Gasteiger partial charge in [-0.3, -0.25) is 9.59 Å². The van der Waals surface area contributed by atoms with Gasteiger partial charge in [-0.1, -0.05) is 28.1 Å². The third-order valence-electron chi connectivity index (χ3n) is 6.25. The maximum absolute atomic E-state index is 13.1. The molecule has 2 heterocycles. The summed E-state index contributed by atoms with van der Waals surface area (Å²) < 4.78 is 33.3. The number of benzene rings is 2. The lowest BCUT2D eigenvalue weighted by atomic mass is 9.95. The lowest BCUT2D eigenvalue weighted by molar-refractivity contribution is -0.140. The molecule has 0 bridgehead atoms. The number of nitrogens with zero attached hydrogens (tertiary/aromatic N) is 3. The highest BCUT2D eigenvalue weighted by molar-refractivity contribution is 9.10. The largest absolute Gasteiger partial charge is 0.507 e. The molecule has 36 heavy (non-hydrogen) atoms. The molecule has 0 spiro atoms. The second kappa shape index (κ2) is 10.8. The second-order valence-corrected chi connectivity index (χ2v) is 11.7. The van der Waals surface area contributed by atoms with Gasteiger partial charge in [0.2, 0.25) is 10.0 Å². The fourth-order valence-corrected chi connectivity index (χ4v) is 5.96. The Labute approximate surface area is 219 Å². The average Bonchev–Trinajstić information content (AvgIpc) is 3.13. The molecule has 0 unspecified atom stereocenters. The van der Waals surface area contributed by atoms with Crippen molar-refractivity contribution >= 4 is 43.4 Å². The van der Waals surface area contributed by atoms with Crippen molar-refractivity contribution in [3.05, 3.63) is 69.7 Å². The Balaban J connectivity index is 1.73. The Hall–Kier alpha value is -2.57. The Bertz CT molecular complexity index is 1270. The number of hydrogen-bond acceptors (Lipinski definition) is 7. The van der Waals surface area contributed by atoms with Crippen molar-refractivity contribution in [1.82, 2.24) is 14.1 Å². The Kier molecular flexibility index (Phi) is 7.96. The van der Waals surface area contributed by atoms with Crippen LogP contribution in [0.5, 0.6) is 0 Å². The number of ketones is 1. The minimum absolute atomic E-state index is 0.0233. The van der Waals surface area contributed by atoms with Crippen LogP contribution in [0.3, 0.4) is 0 Å². The van der Waals surface area contributed by atoms with E-state index in [0.717, 1.165) is 4.47 Å². The number of hydrogen-bond donors (Lipinski definition) is 1. The van der Waals surface area contributed by atoms with Crippen LogP contribution in [0.2, 0.25) is 0 Å². The van der Waals surface area contributed by atoms with Gasteiger partial charge in [-0.25, -0.2) is 8.42 Å². The summed E-state index contributed by atoms with van der Waals surface area (Å²) in [5.74, 6) is -1.80. The van der Waals surface area contributed by atoms with Gasteiger partial charge in [0, 0.05) is 36.2 Å². The van der Waals surface area contributed by atoms with Crippen molar-refractivity contribution in [2.45, 2.75) is 10.9 Å². The number of aliphatic hydroxyl groups is 1. The molecule has 192 valence electrons. The van der Waals surface area contributed by atoms with Gasteiger partial charge in [0.15, 0.2) is 0 Å². The maximum Gasteiger partial charge on any atom is 0.295 e. The first-order chi connectivity index (χ1) is 17.1. The number of carbonyl (C=O) groups is 2. The molecular formula is C25H28BrN3O6S. The van der Waals surface area contributed by atoms with Crippen LogP contribution in [0.25, 0.3) is 5.76 Å². The lowest BCUT2D eigenvalue weighted by Crippen LogP contribution is -2.40. The minimum atomic E-state index is -3.71. The first kappa shape index (κ1) is 26.5. The minimum Gasteiger partial charge on any atom is -0.507 e. The molecule has 0 saturated carbocycles. The molecule has 1 N–H and O–H groups in total. The number of halogens is 1. The van der Waals surface area contributed by atoms with E-state index >= 15 is 0 Å². The molecule has 2 aromatic carbocycles. The number of likely N-dealkylation sites (N-methyl/N-ethyl adjacent to an activating group) is 1. The number of morpholine rings is 1. The number of Topliss-reactive ketones (excluding diaryl/α,β-unsaturated/α-hetero) is 1. The zero-order valence-corrected chi connectivity index (χ0v) is 22.5. The molecule has 4 rings (SSSR count). The second-order valence-electron chi connectivity index (χ2n) is 8.89. The number of rotatable bonds is 7. The van der Waals surface area contributed by atoms with E-state index in [1.165, 1.54) is 33.5 Å². The summed E-state index contributed by atoms with van der Waals surface area (Å²) >= 11 is 3.40. The Morgan fingerprint density at radius 3 is 2.25 bits per heavy atom. The zero-order chi connectivity index (χ0) is 26.0. The molecular weight excluding hydrogens is 550 g/mol. The van der Waals surface area contributed by atoms with Crippen molar-refractivity contribution in [1.29, 1.82) is 0 Å². The third kappa shape index (κ3) is 5.25. The van der Waals surface area contributed by atoms with Crippen LogP contribution in [0.4, 0.5) is 0 Å². The average molecular weight is 578 g/mol.